The summed E-state index contributed by atoms with van der Waals surface area (Å²) in [6.45, 7) is 1.96. The molecule has 0 bridgehead atoms. The second-order valence-corrected chi connectivity index (χ2v) is 6.05. The van der Waals surface area contributed by atoms with Crippen LogP contribution in [0.15, 0.2) is 42.6 Å². The van der Waals surface area contributed by atoms with Gasteiger partial charge in [-0.15, -0.1) is 0 Å². The molecule has 1 heterocycles. The van der Waals surface area contributed by atoms with E-state index >= 15 is 0 Å². The van der Waals surface area contributed by atoms with Gasteiger partial charge in [0, 0.05) is 37.6 Å². The minimum absolute atomic E-state index is 0.00185. The summed E-state index contributed by atoms with van der Waals surface area (Å²) in [7, 11) is 0. The Bertz CT molecular complexity index is 689. The van der Waals surface area contributed by atoms with E-state index in [0.29, 0.717) is 19.7 Å². The first-order chi connectivity index (χ1) is 13.1. The van der Waals surface area contributed by atoms with Crippen molar-refractivity contribution in [3.8, 4) is 5.88 Å². The number of rotatable bonds is 11. The topological polar surface area (TPSA) is 112 Å². The molecule has 0 radical (unpaired) electrons. The van der Waals surface area contributed by atoms with Crippen LogP contribution in [0.2, 0.25) is 0 Å². The third-order valence-corrected chi connectivity index (χ3v) is 3.95. The van der Waals surface area contributed by atoms with Gasteiger partial charge in [0.25, 0.3) is 0 Å². The average Bonchev–Trinajstić information content (AvgIpc) is 2.70. The van der Waals surface area contributed by atoms with E-state index in [2.05, 4.69) is 4.98 Å². The van der Waals surface area contributed by atoms with Crippen LogP contribution in [0.1, 0.15) is 11.1 Å². The van der Waals surface area contributed by atoms with Crippen LogP contribution in [0.25, 0.3) is 12.2 Å². The number of benzene rings is 1. The molecule has 5 N–H and O–H groups in total. The molecule has 1 atom stereocenters. The molecule has 2 rings (SSSR count). The number of aliphatic hydroxyl groups excluding tert-OH is 2. The first kappa shape index (κ1) is 20.9. The number of aromatic nitrogens is 1. The zero-order valence-electron chi connectivity index (χ0n) is 15.2. The molecule has 0 saturated carbocycles. The second-order valence-electron chi connectivity index (χ2n) is 6.05. The maximum Gasteiger partial charge on any atom is 0.210 e. The maximum absolute atomic E-state index is 9.39. The molecule has 1 aromatic heterocycles. The van der Waals surface area contributed by atoms with Gasteiger partial charge in [-0.2, -0.15) is 0 Å². The molecule has 1 unspecified atom stereocenters. The highest BCUT2D eigenvalue weighted by atomic mass is 16.5. The largest absolute Gasteiger partial charge is 0.493 e. The van der Waals surface area contributed by atoms with Crippen LogP contribution in [0.3, 0.4) is 0 Å². The molecule has 0 fully saturated rings. The van der Waals surface area contributed by atoms with Crippen molar-refractivity contribution >= 4 is 17.8 Å². The third-order valence-electron chi connectivity index (χ3n) is 3.95. The standard InChI is InChI=1S/C20H27N3O4/c21-13-19(25)15-27-12-10-23(9-11-24)18-6-3-16(4-7-18)1-2-17-5-8-20(26)22-14-17/h1-8,14,19,24-25H,9-13,15,21H2,(H,22,26)/b2-1+. The summed E-state index contributed by atoms with van der Waals surface area (Å²) in [6.07, 6.45) is 4.84. The molecule has 7 heteroatoms. The quantitative estimate of drug-likeness (QED) is 0.436. The lowest BCUT2D eigenvalue weighted by Crippen LogP contribution is -2.32. The normalized spacial score (nSPS) is 12.4. The van der Waals surface area contributed by atoms with Crippen molar-refractivity contribution in [3.63, 3.8) is 0 Å². The van der Waals surface area contributed by atoms with Crippen LogP contribution in [0.5, 0.6) is 5.88 Å². The Morgan fingerprint density at radius 1 is 1.07 bits per heavy atom. The predicted octanol–water partition coefficient (Wildman–Crippen LogP) is 1.09. The monoisotopic (exact) mass is 373 g/mol. The Balaban J connectivity index is 1.92. The van der Waals surface area contributed by atoms with Crippen molar-refractivity contribution in [2.45, 2.75) is 6.10 Å². The fourth-order valence-corrected chi connectivity index (χ4v) is 2.44. The molecule has 0 saturated heterocycles. The number of anilines is 1. The van der Waals surface area contributed by atoms with E-state index in [-0.39, 0.29) is 25.6 Å². The summed E-state index contributed by atoms with van der Waals surface area (Å²) in [5.74, 6) is 0.00185. The zero-order chi connectivity index (χ0) is 19.5. The van der Waals surface area contributed by atoms with Gasteiger partial charge in [0.1, 0.15) is 0 Å². The van der Waals surface area contributed by atoms with Crippen molar-refractivity contribution in [2.24, 2.45) is 5.73 Å². The van der Waals surface area contributed by atoms with Crippen molar-refractivity contribution in [2.75, 3.05) is 44.4 Å². The van der Waals surface area contributed by atoms with Crippen molar-refractivity contribution in [1.29, 1.82) is 0 Å². The number of aromatic hydroxyl groups is 1. The minimum Gasteiger partial charge on any atom is -0.493 e. The molecule has 2 aromatic rings. The summed E-state index contributed by atoms with van der Waals surface area (Å²) in [5, 5.41) is 27.9. The van der Waals surface area contributed by atoms with Gasteiger partial charge in [-0.25, -0.2) is 4.98 Å². The molecule has 0 amide bonds. The fourth-order valence-electron chi connectivity index (χ4n) is 2.44. The van der Waals surface area contributed by atoms with Crippen molar-refractivity contribution in [3.05, 3.63) is 53.7 Å². The summed E-state index contributed by atoms with van der Waals surface area (Å²) >= 11 is 0. The van der Waals surface area contributed by atoms with Gasteiger partial charge in [0.15, 0.2) is 0 Å². The third kappa shape index (κ3) is 7.36. The number of hydrogen-bond acceptors (Lipinski definition) is 7. The fraction of sp³-hybridized carbons (Fsp3) is 0.350. The molecule has 146 valence electrons. The van der Waals surface area contributed by atoms with Gasteiger partial charge in [0.05, 0.1) is 25.9 Å². The minimum atomic E-state index is -0.647. The Morgan fingerprint density at radius 2 is 1.78 bits per heavy atom. The van der Waals surface area contributed by atoms with Crippen LogP contribution in [-0.4, -0.2) is 65.9 Å². The molecule has 0 aliphatic carbocycles. The molecule has 0 aliphatic rings. The van der Waals surface area contributed by atoms with Crippen LogP contribution in [0, 0.1) is 0 Å². The van der Waals surface area contributed by atoms with E-state index < -0.39 is 6.10 Å². The van der Waals surface area contributed by atoms with E-state index in [1.165, 1.54) is 0 Å². The van der Waals surface area contributed by atoms with Crippen molar-refractivity contribution < 1.29 is 20.1 Å². The Morgan fingerprint density at radius 3 is 2.41 bits per heavy atom. The lowest BCUT2D eigenvalue weighted by molar-refractivity contribution is 0.0442. The summed E-state index contributed by atoms with van der Waals surface area (Å²) in [4.78, 5) is 5.86. The highest BCUT2D eigenvalue weighted by molar-refractivity contribution is 5.70. The van der Waals surface area contributed by atoms with Crippen LogP contribution in [0.4, 0.5) is 5.69 Å². The molecule has 27 heavy (non-hydrogen) atoms. The van der Waals surface area contributed by atoms with Crippen LogP contribution >= 0.6 is 0 Å². The number of nitrogens with zero attached hydrogens (tertiary/aromatic N) is 2. The van der Waals surface area contributed by atoms with E-state index in [1.807, 2.05) is 41.3 Å². The van der Waals surface area contributed by atoms with Crippen LogP contribution < -0.4 is 10.6 Å². The number of ether oxygens (including phenoxy) is 1. The van der Waals surface area contributed by atoms with Gasteiger partial charge in [-0.05, 0) is 29.3 Å². The van der Waals surface area contributed by atoms with E-state index in [9.17, 15) is 15.3 Å². The Hall–Kier alpha value is -2.45. The van der Waals surface area contributed by atoms with E-state index in [1.54, 1.807) is 18.3 Å². The predicted molar refractivity (Wildman–Crippen MR) is 106 cm³/mol. The first-order valence-electron chi connectivity index (χ1n) is 8.87. The molecule has 0 aliphatic heterocycles. The molecule has 0 spiro atoms. The Kier molecular flexibility index (Phi) is 8.73. The summed E-state index contributed by atoms with van der Waals surface area (Å²) in [5.41, 5.74) is 8.25. The van der Waals surface area contributed by atoms with E-state index in [4.69, 9.17) is 10.5 Å². The zero-order valence-corrected chi connectivity index (χ0v) is 15.2. The average molecular weight is 373 g/mol. The maximum atomic E-state index is 9.39. The molecule has 7 nitrogen and oxygen atoms in total. The lowest BCUT2D eigenvalue weighted by Gasteiger charge is -2.24. The smallest absolute Gasteiger partial charge is 0.210 e. The lowest BCUT2D eigenvalue weighted by atomic mass is 10.1. The second kappa shape index (κ2) is 11.3. The van der Waals surface area contributed by atoms with Gasteiger partial charge in [0.2, 0.25) is 5.88 Å². The van der Waals surface area contributed by atoms with Gasteiger partial charge in [-0.3, -0.25) is 0 Å². The SMILES string of the molecule is NCC(O)COCCN(CCO)c1ccc(/C=C/c2ccc(O)nc2)cc1. The highest BCUT2D eigenvalue weighted by Gasteiger charge is 2.07. The van der Waals surface area contributed by atoms with E-state index in [0.717, 1.165) is 16.8 Å². The highest BCUT2D eigenvalue weighted by Crippen LogP contribution is 2.17. The number of aliphatic hydroxyl groups is 2. The first-order valence-corrected chi connectivity index (χ1v) is 8.87. The Labute approximate surface area is 159 Å². The summed E-state index contributed by atoms with van der Waals surface area (Å²) in [6, 6.07) is 11.3. The number of nitrogens with two attached hydrogens (primary N) is 1. The van der Waals surface area contributed by atoms with Gasteiger partial charge >= 0.3 is 0 Å². The number of pyridine rings is 1. The molecular formula is C20H27N3O4. The van der Waals surface area contributed by atoms with Crippen molar-refractivity contribution in [1.82, 2.24) is 4.98 Å². The molecular weight excluding hydrogens is 346 g/mol. The van der Waals surface area contributed by atoms with Gasteiger partial charge < -0.3 is 30.7 Å². The molecule has 1 aromatic carbocycles. The van der Waals surface area contributed by atoms with Gasteiger partial charge in [-0.1, -0.05) is 24.3 Å². The number of hydrogen-bond donors (Lipinski definition) is 4. The van der Waals surface area contributed by atoms with Crippen LogP contribution in [-0.2, 0) is 4.74 Å². The summed E-state index contributed by atoms with van der Waals surface area (Å²) < 4.78 is 5.42.